The van der Waals surface area contributed by atoms with Gasteiger partial charge in [-0.2, -0.15) is 0 Å². The first-order chi connectivity index (χ1) is 7.75. The van der Waals surface area contributed by atoms with Gasteiger partial charge < -0.3 is 4.42 Å². The predicted molar refractivity (Wildman–Crippen MR) is 59.3 cm³/mol. The van der Waals surface area contributed by atoms with E-state index >= 15 is 0 Å². The number of carbonyl (C=O) groups excluding carboxylic acids is 2. The van der Waals surface area contributed by atoms with Crippen LogP contribution in [0.25, 0.3) is 4.91 Å². The van der Waals surface area contributed by atoms with Crippen LogP contribution in [0, 0.1) is 0 Å². The molecule has 80 valence electrons. The molecule has 1 aromatic rings. The van der Waals surface area contributed by atoms with Crippen LogP contribution < -0.4 is 5.32 Å². The van der Waals surface area contributed by atoms with E-state index in [1.807, 2.05) is 6.07 Å². The summed E-state index contributed by atoms with van der Waals surface area (Å²) in [6.07, 6.45) is 5.06. The summed E-state index contributed by atoms with van der Waals surface area (Å²) in [6, 6.07) is 3.61. The first-order valence-electron chi connectivity index (χ1n) is 4.73. The van der Waals surface area contributed by atoms with E-state index in [1.165, 1.54) is 11.8 Å². The molecule has 0 bridgehead atoms. The van der Waals surface area contributed by atoms with Crippen molar-refractivity contribution in [1.82, 2.24) is 5.32 Å². The number of imide groups is 1. The van der Waals surface area contributed by atoms with Gasteiger partial charge in [0, 0.05) is 5.57 Å². The summed E-state index contributed by atoms with van der Waals surface area (Å²) in [4.78, 5) is 23.7. The van der Waals surface area contributed by atoms with E-state index in [4.69, 9.17) is 4.42 Å². The smallest absolute Gasteiger partial charge is 0.255 e. The van der Waals surface area contributed by atoms with Gasteiger partial charge in [0.05, 0.1) is 11.2 Å². The molecule has 2 aliphatic rings. The molecular formula is C11H7NO3S. The van der Waals surface area contributed by atoms with Crippen molar-refractivity contribution < 1.29 is 14.0 Å². The maximum absolute atomic E-state index is 11.5. The van der Waals surface area contributed by atoms with E-state index in [9.17, 15) is 9.59 Å². The summed E-state index contributed by atoms with van der Waals surface area (Å²) in [5.41, 5.74) is 0.519. The van der Waals surface area contributed by atoms with Gasteiger partial charge in [0.25, 0.3) is 5.91 Å². The first-order valence-corrected chi connectivity index (χ1v) is 5.61. The molecule has 1 aromatic heterocycles. The molecule has 1 N–H and O–H groups in total. The van der Waals surface area contributed by atoms with Crippen LogP contribution >= 0.6 is 11.8 Å². The van der Waals surface area contributed by atoms with Crippen LogP contribution in [0.4, 0.5) is 0 Å². The van der Waals surface area contributed by atoms with Gasteiger partial charge in [-0.15, -0.1) is 11.8 Å². The van der Waals surface area contributed by atoms with Crippen molar-refractivity contribution >= 4 is 28.5 Å². The molecule has 0 saturated carbocycles. The van der Waals surface area contributed by atoms with Gasteiger partial charge in [-0.3, -0.25) is 14.9 Å². The number of nitrogens with one attached hydrogen (secondary N) is 1. The Labute approximate surface area is 95.4 Å². The van der Waals surface area contributed by atoms with Crippen molar-refractivity contribution in [3.63, 3.8) is 0 Å². The molecule has 1 atom stereocenters. The van der Waals surface area contributed by atoms with E-state index < -0.39 is 5.25 Å². The number of amides is 2. The minimum atomic E-state index is -0.433. The Morgan fingerprint density at radius 3 is 2.94 bits per heavy atom. The predicted octanol–water partition coefficient (Wildman–Crippen LogP) is 1.32. The lowest BCUT2D eigenvalue weighted by Gasteiger charge is -2.13. The van der Waals surface area contributed by atoms with Crippen LogP contribution in [-0.4, -0.2) is 17.1 Å². The lowest BCUT2D eigenvalue weighted by molar-refractivity contribution is -0.124. The fraction of sp³-hybridized carbons (Fsp3) is 0.0909. The van der Waals surface area contributed by atoms with E-state index in [1.54, 1.807) is 24.5 Å². The fourth-order valence-corrected chi connectivity index (χ4v) is 2.79. The Kier molecular flexibility index (Phi) is 2.00. The molecule has 1 fully saturated rings. The highest BCUT2D eigenvalue weighted by molar-refractivity contribution is 8.09. The second-order valence-electron chi connectivity index (χ2n) is 3.45. The Balaban J connectivity index is 1.99. The second-order valence-corrected chi connectivity index (χ2v) is 4.59. The molecule has 5 heteroatoms. The number of thioether (sulfide) groups is 1. The van der Waals surface area contributed by atoms with Crippen molar-refractivity contribution in [2.24, 2.45) is 0 Å². The Bertz CT molecular complexity index is 527. The normalized spacial score (nSPS) is 23.6. The van der Waals surface area contributed by atoms with Gasteiger partial charge in [0.2, 0.25) is 5.91 Å². The lowest BCUT2D eigenvalue weighted by atomic mass is 10.2. The maximum atomic E-state index is 11.5. The van der Waals surface area contributed by atoms with Gasteiger partial charge >= 0.3 is 0 Å². The number of hydrogen-bond acceptors (Lipinski definition) is 4. The minimum absolute atomic E-state index is 0.251. The number of allylic oxidation sites excluding steroid dienone is 2. The molecule has 4 nitrogen and oxygen atoms in total. The monoisotopic (exact) mass is 233 g/mol. The van der Waals surface area contributed by atoms with E-state index in [-0.39, 0.29) is 11.8 Å². The van der Waals surface area contributed by atoms with E-state index in [0.29, 0.717) is 11.3 Å². The highest BCUT2D eigenvalue weighted by Crippen LogP contribution is 2.39. The van der Waals surface area contributed by atoms with Crippen molar-refractivity contribution in [3.05, 3.63) is 41.9 Å². The van der Waals surface area contributed by atoms with Gasteiger partial charge in [0.15, 0.2) is 0 Å². The van der Waals surface area contributed by atoms with Crippen LogP contribution in [0.2, 0.25) is 0 Å². The van der Waals surface area contributed by atoms with Crippen molar-refractivity contribution in [1.29, 1.82) is 0 Å². The summed E-state index contributed by atoms with van der Waals surface area (Å²) >= 11 is 1.34. The summed E-state index contributed by atoms with van der Waals surface area (Å²) < 4.78 is 5.25. The Morgan fingerprint density at radius 1 is 1.31 bits per heavy atom. The molecule has 0 aliphatic carbocycles. The van der Waals surface area contributed by atoms with Gasteiger partial charge in [-0.25, -0.2) is 0 Å². The summed E-state index contributed by atoms with van der Waals surface area (Å²) in [5.74, 6) is 0.170. The van der Waals surface area contributed by atoms with Crippen molar-refractivity contribution in [2.45, 2.75) is 5.25 Å². The number of carbonyl (C=O) groups is 2. The van der Waals surface area contributed by atoms with Gasteiger partial charge in [0.1, 0.15) is 11.0 Å². The lowest BCUT2D eigenvalue weighted by Crippen LogP contribution is -2.23. The highest BCUT2D eigenvalue weighted by Gasteiger charge is 2.39. The van der Waals surface area contributed by atoms with Crippen LogP contribution in [0.3, 0.4) is 0 Å². The largest absolute Gasteiger partial charge is 0.464 e. The van der Waals surface area contributed by atoms with Gasteiger partial charge in [-0.05, 0) is 18.2 Å². The number of hydrogen-bond donors (Lipinski definition) is 1. The third kappa shape index (κ3) is 1.32. The van der Waals surface area contributed by atoms with Crippen molar-refractivity contribution in [2.75, 3.05) is 0 Å². The summed E-state index contributed by atoms with van der Waals surface area (Å²) in [7, 11) is 0. The molecular weight excluding hydrogens is 226 g/mol. The van der Waals surface area contributed by atoms with Crippen LogP contribution in [0.5, 0.6) is 0 Å². The number of furan rings is 1. The highest BCUT2D eigenvalue weighted by atomic mass is 32.2. The molecule has 3 rings (SSSR count). The topological polar surface area (TPSA) is 59.3 Å². The number of rotatable bonds is 1. The summed E-state index contributed by atoms with van der Waals surface area (Å²) in [5, 5.41) is 1.86. The molecule has 0 radical (unpaired) electrons. The van der Waals surface area contributed by atoms with Crippen LogP contribution in [0.15, 0.2) is 40.5 Å². The zero-order valence-corrected chi connectivity index (χ0v) is 8.91. The van der Waals surface area contributed by atoms with E-state index in [2.05, 4.69) is 5.32 Å². The standard InChI is InChI=1S/C11H7NO3S/c13-10-6-3-4-8(7-2-1-5-15-7)16-9(6)11(14)12-10/h1-5,9H,(H,12,13,14). The summed E-state index contributed by atoms with van der Waals surface area (Å²) in [6.45, 7) is 0. The third-order valence-electron chi connectivity index (χ3n) is 2.44. The van der Waals surface area contributed by atoms with Gasteiger partial charge in [-0.1, -0.05) is 6.08 Å². The quantitative estimate of drug-likeness (QED) is 0.743. The molecule has 3 heterocycles. The van der Waals surface area contributed by atoms with Crippen molar-refractivity contribution in [3.8, 4) is 0 Å². The molecule has 1 unspecified atom stereocenters. The molecule has 16 heavy (non-hydrogen) atoms. The molecule has 2 aliphatic heterocycles. The fourth-order valence-electron chi connectivity index (χ4n) is 1.68. The zero-order chi connectivity index (χ0) is 11.1. The minimum Gasteiger partial charge on any atom is -0.464 e. The SMILES string of the molecule is O=C1NC(=O)C2SC(c3ccco3)=CC=C12. The third-order valence-corrected chi connectivity index (χ3v) is 3.74. The number of fused-ring (bicyclic) bond motifs is 1. The van der Waals surface area contributed by atoms with E-state index in [0.717, 1.165) is 4.91 Å². The zero-order valence-electron chi connectivity index (χ0n) is 8.10. The Morgan fingerprint density at radius 2 is 2.19 bits per heavy atom. The molecule has 1 saturated heterocycles. The Hall–Kier alpha value is -1.75. The first kappa shape index (κ1) is 9.47. The molecule has 0 spiro atoms. The molecule has 2 amide bonds. The molecule has 0 aromatic carbocycles. The second kappa shape index (κ2) is 3.38. The maximum Gasteiger partial charge on any atom is 0.255 e. The van der Waals surface area contributed by atoms with Crippen LogP contribution in [-0.2, 0) is 9.59 Å². The average molecular weight is 233 g/mol. The van der Waals surface area contributed by atoms with Crippen LogP contribution in [0.1, 0.15) is 5.76 Å². The average Bonchev–Trinajstić information content (AvgIpc) is 2.88.